The van der Waals surface area contributed by atoms with Crippen molar-refractivity contribution in [3.05, 3.63) is 33.9 Å². The zero-order valence-corrected chi connectivity index (χ0v) is 11.5. The number of hydrogen-bond acceptors (Lipinski definition) is 1. The maximum absolute atomic E-state index is 3.69. The Balaban J connectivity index is 2.59. The maximum Gasteiger partial charge on any atom is 0.0477 e. The molecule has 0 fully saturated rings. The van der Waals surface area contributed by atoms with Gasteiger partial charge in [0.15, 0.2) is 0 Å². The van der Waals surface area contributed by atoms with Gasteiger partial charge in [0.05, 0.1) is 0 Å². The van der Waals surface area contributed by atoms with Gasteiger partial charge in [-0.15, -0.1) is 0 Å². The van der Waals surface area contributed by atoms with Crippen LogP contribution in [0.3, 0.4) is 0 Å². The maximum atomic E-state index is 3.69. The van der Waals surface area contributed by atoms with Crippen molar-refractivity contribution in [1.29, 1.82) is 0 Å². The fourth-order valence-corrected chi connectivity index (χ4v) is 2.66. The lowest BCUT2D eigenvalue weighted by Crippen LogP contribution is -2.12. The molecule has 2 N–H and O–H groups in total. The Labute approximate surface area is 105 Å². The summed E-state index contributed by atoms with van der Waals surface area (Å²) in [5.74, 6) is 0. The van der Waals surface area contributed by atoms with E-state index in [4.69, 9.17) is 0 Å². The number of H-pyrrole nitrogens is 1. The van der Waals surface area contributed by atoms with E-state index < -0.39 is 0 Å². The van der Waals surface area contributed by atoms with Crippen molar-refractivity contribution in [3.8, 4) is 0 Å². The van der Waals surface area contributed by atoms with Gasteiger partial charge in [-0.25, -0.2) is 0 Å². The van der Waals surface area contributed by atoms with Crippen molar-refractivity contribution in [2.45, 2.75) is 26.3 Å². The van der Waals surface area contributed by atoms with Gasteiger partial charge in [0.25, 0.3) is 0 Å². The molecule has 2 nitrogen and oxygen atoms in total. The van der Waals surface area contributed by atoms with Gasteiger partial charge in [-0.1, -0.05) is 13.0 Å². The van der Waals surface area contributed by atoms with Crippen LogP contribution in [0.4, 0.5) is 0 Å². The Morgan fingerprint density at radius 2 is 2.19 bits per heavy atom. The van der Waals surface area contributed by atoms with Gasteiger partial charge in [0.1, 0.15) is 0 Å². The molecule has 1 unspecified atom stereocenters. The highest BCUT2D eigenvalue weighted by molar-refractivity contribution is 9.10. The van der Waals surface area contributed by atoms with E-state index >= 15 is 0 Å². The van der Waals surface area contributed by atoms with Crippen LogP contribution in [0.5, 0.6) is 0 Å². The Hall–Kier alpha value is -0.800. The fraction of sp³-hybridized carbons (Fsp3) is 0.385. The van der Waals surface area contributed by atoms with Crippen LogP contribution in [0.1, 0.15) is 31.1 Å². The summed E-state index contributed by atoms with van der Waals surface area (Å²) in [4.78, 5) is 3.46. The number of aryl methyl sites for hydroxylation is 1. The number of halogens is 1. The molecule has 2 aromatic rings. The minimum atomic E-state index is 0.326. The van der Waals surface area contributed by atoms with Crippen LogP contribution in [0.2, 0.25) is 0 Å². The molecule has 1 atom stereocenters. The van der Waals surface area contributed by atoms with Crippen LogP contribution < -0.4 is 5.32 Å². The Morgan fingerprint density at radius 1 is 1.44 bits per heavy atom. The highest BCUT2D eigenvalue weighted by Gasteiger charge is 2.13. The molecule has 16 heavy (non-hydrogen) atoms. The Kier molecular flexibility index (Phi) is 3.36. The Bertz CT molecular complexity index is 502. The third-order valence-electron chi connectivity index (χ3n) is 3.10. The van der Waals surface area contributed by atoms with E-state index in [1.807, 2.05) is 7.05 Å². The molecule has 0 aliphatic rings. The molecular weight excluding hydrogens is 264 g/mol. The van der Waals surface area contributed by atoms with E-state index in [9.17, 15) is 0 Å². The van der Waals surface area contributed by atoms with Crippen molar-refractivity contribution in [2.75, 3.05) is 7.05 Å². The first-order valence-electron chi connectivity index (χ1n) is 5.64. The zero-order valence-electron chi connectivity index (χ0n) is 9.89. The van der Waals surface area contributed by atoms with E-state index in [0.29, 0.717) is 6.04 Å². The smallest absolute Gasteiger partial charge is 0.0477 e. The summed E-state index contributed by atoms with van der Waals surface area (Å²) in [5.41, 5.74) is 3.78. The van der Waals surface area contributed by atoms with Gasteiger partial charge < -0.3 is 10.3 Å². The van der Waals surface area contributed by atoms with Crippen LogP contribution in [0.15, 0.2) is 22.7 Å². The van der Waals surface area contributed by atoms with Gasteiger partial charge >= 0.3 is 0 Å². The number of aromatic amines is 1. The molecule has 1 heterocycles. The van der Waals surface area contributed by atoms with Crippen LogP contribution in [0, 0.1) is 0 Å². The first-order chi connectivity index (χ1) is 7.67. The van der Waals surface area contributed by atoms with E-state index in [0.717, 1.165) is 6.42 Å². The molecule has 3 heteroatoms. The van der Waals surface area contributed by atoms with Crippen LogP contribution in [-0.4, -0.2) is 12.0 Å². The summed E-state index contributed by atoms with van der Waals surface area (Å²) < 4.78 is 1.18. The highest BCUT2D eigenvalue weighted by atomic mass is 79.9. The average Bonchev–Trinajstić information content (AvgIpc) is 2.65. The summed E-state index contributed by atoms with van der Waals surface area (Å²) >= 11 is 3.69. The lowest BCUT2D eigenvalue weighted by Gasteiger charge is -2.08. The van der Waals surface area contributed by atoms with Crippen molar-refractivity contribution in [3.63, 3.8) is 0 Å². The second-order valence-corrected chi connectivity index (χ2v) is 4.89. The van der Waals surface area contributed by atoms with Gasteiger partial charge in [0, 0.05) is 27.1 Å². The molecule has 2 rings (SSSR count). The normalized spacial score (nSPS) is 13.2. The first-order valence-corrected chi connectivity index (χ1v) is 6.44. The number of nitrogens with one attached hydrogen (secondary N) is 2. The molecule has 1 aromatic carbocycles. The molecule has 0 aliphatic carbocycles. The number of benzene rings is 1. The number of fused-ring (bicyclic) bond motifs is 1. The van der Waals surface area contributed by atoms with Crippen molar-refractivity contribution < 1.29 is 0 Å². The molecule has 0 radical (unpaired) electrons. The molecule has 1 aromatic heterocycles. The molecule has 0 amide bonds. The third kappa shape index (κ3) is 1.89. The topological polar surface area (TPSA) is 27.8 Å². The molecule has 0 bridgehead atoms. The SMILES string of the molecule is CCc1ccc2[nH]c(C(C)NC)c(Br)c2c1. The van der Waals surface area contributed by atoms with Gasteiger partial charge in [-0.05, 0) is 54.0 Å². The highest BCUT2D eigenvalue weighted by Crippen LogP contribution is 2.32. The summed E-state index contributed by atoms with van der Waals surface area (Å²) in [5, 5.41) is 4.52. The number of aromatic nitrogens is 1. The third-order valence-corrected chi connectivity index (χ3v) is 3.95. The predicted molar refractivity (Wildman–Crippen MR) is 72.9 cm³/mol. The molecule has 86 valence electrons. The largest absolute Gasteiger partial charge is 0.356 e. The summed E-state index contributed by atoms with van der Waals surface area (Å²) in [7, 11) is 1.97. The predicted octanol–water partition coefficient (Wildman–Crippen LogP) is 3.77. The summed E-state index contributed by atoms with van der Waals surface area (Å²) in [6.07, 6.45) is 1.07. The van der Waals surface area contributed by atoms with E-state index in [1.54, 1.807) is 0 Å². The summed E-state index contributed by atoms with van der Waals surface area (Å²) in [6, 6.07) is 6.91. The molecule has 0 saturated heterocycles. The monoisotopic (exact) mass is 280 g/mol. The molecule has 0 saturated carbocycles. The molecule has 0 spiro atoms. The van der Waals surface area contributed by atoms with Crippen molar-refractivity contribution in [1.82, 2.24) is 10.3 Å². The fourth-order valence-electron chi connectivity index (χ4n) is 1.89. The second kappa shape index (κ2) is 4.60. The average molecular weight is 281 g/mol. The quantitative estimate of drug-likeness (QED) is 0.880. The second-order valence-electron chi connectivity index (χ2n) is 4.10. The van der Waals surface area contributed by atoms with Crippen molar-refractivity contribution in [2.24, 2.45) is 0 Å². The van der Waals surface area contributed by atoms with E-state index in [2.05, 4.69) is 58.3 Å². The minimum absolute atomic E-state index is 0.326. The molecular formula is C13H17BrN2. The van der Waals surface area contributed by atoms with Crippen LogP contribution >= 0.6 is 15.9 Å². The van der Waals surface area contributed by atoms with Crippen LogP contribution in [0.25, 0.3) is 10.9 Å². The Morgan fingerprint density at radius 3 is 2.81 bits per heavy atom. The number of hydrogen-bond donors (Lipinski definition) is 2. The molecule has 0 aliphatic heterocycles. The van der Waals surface area contributed by atoms with Gasteiger partial charge in [-0.2, -0.15) is 0 Å². The minimum Gasteiger partial charge on any atom is -0.356 e. The van der Waals surface area contributed by atoms with Gasteiger partial charge in [-0.3, -0.25) is 0 Å². The zero-order chi connectivity index (χ0) is 11.7. The van der Waals surface area contributed by atoms with Crippen molar-refractivity contribution >= 4 is 26.8 Å². The lowest BCUT2D eigenvalue weighted by atomic mass is 10.1. The van der Waals surface area contributed by atoms with Gasteiger partial charge in [0.2, 0.25) is 0 Å². The van der Waals surface area contributed by atoms with E-state index in [-0.39, 0.29) is 0 Å². The standard InChI is InChI=1S/C13H17BrN2/c1-4-9-5-6-11-10(7-9)12(14)13(16-11)8(2)15-3/h5-8,15-16H,4H2,1-3H3. The first kappa shape index (κ1) is 11.7. The van der Waals surface area contributed by atoms with Crippen LogP contribution in [-0.2, 0) is 6.42 Å². The van der Waals surface area contributed by atoms with E-state index in [1.165, 1.54) is 26.6 Å². The summed E-state index contributed by atoms with van der Waals surface area (Å²) in [6.45, 7) is 4.33. The lowest BCUT2D eigenvalue weighted by molar-refractivity contribution is 0.635. The number of rotatable bonds is 3.